The van der Waals surface area contributed by atoms with Gasteiger partial charge in [-0.2, -0.15) is 5.10 Å². The second-order valence-corrected chi connectivity index (χ2v) is 2.68. The molecule has 0 atom stereocenters. The number of para-hydroxylation sites is 1. The highest BCUT2D eigenvalue weighted by Gasteiger charge is 2.07. The lowest BCUT2D eigenvalue weighted by Gasteiger charge is -1.95. The third-order valence-corrected chi connectivity index (χ3v) is 1.87. The van der Waals surface area contributed by atoms with Crippen molar-refractivity contribution in [2.75, 3.05) is 5.73 Å². The van der Waals surface area contributed by atoms with Crippen molar-refractivity contribution >= 4 is 16.7 Å². The Labute approximate surface area is 69.2 Å². The molecular formula is C8H9N3O. The lowest BCUT2D eigenvalue weighted by atomic mass is 10.2. The Kier molecular flexibility index (Phi) is 1.24. The van der Waals surface area contributed by atoms with Gasteiger partial charge in [0, 0.05) is 12.4 Å². The van der Waals surface area contributed by atoms with Gasteiger partial charge in [-0.15, -0.1) is 0 Å². The van der Waals surface area contributed by atoms with Crippen LogP contribution in [0.3, 0.4) is 0 Å². The Morgan fingerprint density at radius 2 is 2.25 bits per heavy atom. The number of phenolic OH excluding ortho intramolecular Hbond substituents is 1. The van der Waals surface area contributed by atoms with E-state index in [1.54, 1.807) is 23.9 Å². The molecule has 0 spiro atoms. The number of hydrogen-bond donors (Lipinski definition) is 2. The van der Waals surface area contributed by atoms with Crippen LogP contribution in [0.15, 0.2) is 18.2 Å². The van der Waals surface area contributed by atoms with Crippen LogP contribution in [0.4, 0.5) is 5.82 Å². The maximum absolute atomic E-state index is 9.45. The largest absolute Gasteiger partial charge is 0.506 e. The molecule has 0 saturated carbocycles. The topological polar surface area (TPSA) is 64.1 Å². The van der Waals surface area contributed by atoms with Crippen LogP contribution < -0.4 is 5.73 Å². The number of benzene rings is 1. The van der Waals surface area contributed by atoms with Crippen LogP contribution in [0.25, 0.3) is 10.9 Å². The minimum Gasteiger partial charge on any atom is -0.506 e. The number of rotatable bonds is 0. The molecule has 62 valence electrons. The van der Waals surface area contributed by atoms with Crippen LogP contribution in [0.5, 0.6) is 5.75 Å². The quantitative estimate of drug-likeness (QED) is 0.605. The van der Waals surface area contributed by atoms with Gasteiger partial charge >= 0.3 is 0 Å². The highest BCUT2D eigenvalue weighted by molar-refractivity contribution is 5.92. The van der Waals surface area contributed by atoms with Crippen molar-refractivity contribution in [2.45, 2.75) is 0 Å². The maximum Gasteiger partial charge on any atom is 0.153 e. The van der Waals surface area contributed by atoms with Crippen molar-refractivity contribution in [3.8, 4) is 5.75 Å². The summed E-state index contributed by atoms with van der Waals surface area (Å²) in [5, 5.41) is 14.2. The normalized spacial score (nSPS) is 10.8. The molecule has 1 aromatic carbocycles. The Bertz CT molecular complexity index is 433. The van der Waals surface area contributed by atoms with Gasteiger partial charge in [-0.05, 0) is 12.1 Å². The average molecular weight is 163 g/mol. The number of nitrogens with zero attached hydrogens (tertiary/aromatic N) is 2. The zero-order valence-corrected chi connectivity index (χ0v) is 6.65. The summed E-state index contributed by atoms with van der Waals surface area (Å²) in [5.41, 5.74) is 6.28. The second-order valence-electron chi connectivity index (χ2n) is 2.68. The van der Waals surface area contributed by atoms with E-state index >= 15 is 0 Å². The first-order valence-corrected chi connectivity index (χ1v) is 3.60. The van der Waals surface area contributed by atoms with E-state index in [1.807, 2.05) is 6.07 Å². The maximum atomic E-state index is 9.45. The molecular weight excluding hydrogens is 154 g/mol. The van der Waals surface area contributed by atoms with Crippen LogP contribution >= 0.6 is 0 Å². The molecule has 4 heteroatoms. The third-order valence-electron chi connectivity index (χ3n) is 1.87. The zero-order chi connectivity index (χ0) is 8.72. The molecule has 0 radical (unpaired) electrons. The molecule has 2 aromatic rings. The summed E-state index contributed by atoms with van der Waals surface area (Å²) in [7, 11) is 1.75. The van der Waals surface area contributed by atoms with E-state index < -0.39 is 0 Å². The van der Waals surface area contributed by atoms with Crippen LogP contribution in [0.1, 0.15) is 0 Å². The molecule has 2 rings (SSSR count). The summed E-state index contributed by atoms with van der Waals surface area (Å²) in [6, 6.07) is 5.19. The Balaban J connectivity index is 2.99. The molecule has 0 amide bonds. The molecule has 0 saturated heterocycles. The van der Waals surface area contributed by atoms with Gasteiger partial charge in [0.15, 0.2) is 5.82 Å². The molecule has 0 bridgehead atoms. The van der Waals surface area contributed by atoms with E-state index in [-0.39, 0.29) is 5.75 Å². The van der Waals surface area contributed by atoms with Gasteiger partial charge in [0.05, 0.1) is 0 Å². The molecule has 3 N–H and O–H groups in total. The number of hydrogen-bond acceptors (Lipinski definition) is 3. The van der Waals surface area contributed by atoms with Gasteiger partial charge in [0.1, 0.15) is 11.3 Å². The van der Waals surface area contributed by atoms with Crippen molar-refractivity contribution in [2.24, 2.45) is 7.05 Å². The molecule has 1 heterocycles. The fourth-order valence-corrected chi connectivity index (χ4v) is 1.34. The van der Waals surface area contributed by atoms with Crippen LogP contribution in [0.2, 0.25) is 0 Å². The van der Waals surface area contributed by atoms with Crippen LogP contribution in [-0.2, 0) is 7.05 Å². The Morgan fingerprint density at radius 1 is 1.50 bits per heavy atom. The van der Waals surface area contributed by atoms with E-state index in [9.17, 15) is 5.11 Å². The van der Waals surface area contributed by atoms with E-state index in [4.69, 9.17) is 5.73 Å². The highest BCUT2D eigenvalue weighted by Crippen LogP contribution is 2.27. The van der Waals surface area contributed by atoms with Gasteiger partial charge in [-0.25, -0.2) is 0 Å². The minimum atomic E-state index is 0.208. The second kappa shape index (κ2) is 2.14. The lowest BCUT2D eigenvalue weighted by Crippen LogP contribution is -1.91. The molecule has 12 heavy (non-hydrogen) atoms. The SMILES string of the molecule is Cn1nc(N)c2cccc(O)c21. The van der Waals surface area contributed by atoms with Gasteiger partial charge in [0.25, 0.3) is 0 Å². The standard InChI is InChI=1S/C8H9N3O/c1-11-7-5(8(9)10-11)3-2-4-6(7)12/h2-4,12H,1H3,(H2,9,10). The summed E-state index contributed by atoms with van der Waals surface area (Å²) < 4.78 is 1.57. The number of aromatic hydroxyl groups is 1. The van der Waals surface area contributed by atoms with E-state index in [0.29, 0.717) is 11.3 Å². The summed E-state index contributed by atoms with van der Waals surface area (Å²) in [5.74, 6) is 0.655. The molecule has 0 aliphatic heterocycles. The highest BCUT2D eigenvalue weighted by atomic mass is 16.3. The molecule has 1 aromatic heterocycles. The van der Waals surface area contributed by atoms with Crippen LogP contribution in [-0.4, -0.2) is 14.9 Å². The first-order valence-electron chi connectivity index (χ1n) is 3.60. The van der Waals surface area contributed by atoms with Crippen molar-refractivity contribution < 1.29 is 5.11 Å². The molecule has 4 nitrogen and oxygen atoms in total. The predicted octanol–water partition coefficient (Wildman–Crippen LogP) is 0.861. The number of aromatic nitrogens is 2. The molecule has 0 fully saturated rings. The number of fused-ring (bicyclic) bond motifs is 1. The minimum absolute atomic E-state index is 0.208. The van der Waals surface area contributed by atoms with Gasteiger partial charge in [0.2, 0.25) is 0 Å². The molecule has 0 aliphatic rings. The average Bonchev–Trinajstić information content (AvgIpc) is 2.29. The summed E-state index contributed by atoms with van der Waals surface area (Å²) in [4.78, 5) is 0. The van der Waals surface area contributed by atoms with Crippen molar-refractivity contribution in [3.05, 3.63) is 18.2 Å². The number of anilines is 1. The van der Waals surface area contributed by atoms with Crippen molar-refractivity contribution in [1.82, 2.24) is 9.78 Å². The Morgan fingerprint density at radius 3 is 2.92 bits per heavy atom. The monoisotopic (exact) mass is 163 g/mol. The third kappa shape index (κ3) is 0.747. The lowest BCUT2D eigenvalue weighted by molar-refractivity contribution is 0.478. The number of nitrogens with two attached hydrogens (primary N) is 1. The van der Waals surface area contributed by atoms with Gasteiger partial charge in [-0.1, -0.05) is 6.07 Å². The van der Waals surface area contributed by atoms with Crippen molar-refractivity contribution in [1.29, 1.82) is 0 Å². The fourth-order valence-electron chi connectivity index (χ4n) is 1.34. The predicted molar refractivity (Wildman–Crippen MR) is 46.8 cm³/mol. The smallest absolute Gasteiger partial charge is 0.153 e. The molecule has 0 aliphatic carbocycles. The summed E-state index contributed by atoms with van der Waals surface area (Å²) in [6.07, 6.45) is 0. The fraction of sp³-hybridized carbons (Fsp3) is 0.125. The van der Waals surface area contributed by atoms with E-state index in [0.717, 1.165) is 5.39 Å². The van der Waals surface area contributed by atoms with E-state index in [2.05, 4.69) is 5.10 Å². The number of aryl methyl sites for hydroxylation is 1. The van der Waals surface area contributed by atoms with E-state index in [1.165, 1.54) is 0 Å². The summed E-state index contributed by atoms with van der Waals surface area (Å²) in [6.45, 7) is 0. The molecule has 0 unspecified atom stereocenters. The van der Waals surface area contributed by atoms with Gasteiger partial charge < -0.3 is 10.8 Å². The number of nitrogen functional groups attached to an aromatic ring is 1. The van der Waals surface area contributed by atoms with Crippen LogP contribution in [0, 0.1) is 0 Å². The van der Waals surface area contributed by atoms with Gasteiger partial charge in [-0.3, -0.25) is 4.68 Å². The first-order chi connectivity index (χ1) is 5.70. The first kappa shape index (κ1) is 6.97. The Hall–Kier alpha value is -1.71. The zero-order valence-electron chi connectivity index (χ0n) is 6.65. The number of phenols is 1. The van der Waals surface area contributed by atoms with Crippen molar-refractivity contribution in [3.63, 3.8) is 0 Å². The summed E-state index contributed by atoms with van der Waals surface area (Å²) >= 11 is 0.